The maximum atomic E-state index is 13.4. The van der Waals surface area contributed by atoms with Crippen LogP contribution in [0.4, 0.5) is 19.1 Å². The summed E-state index contributed by atoms with van der Waals surface area (Å²) >= 11 is 6.30. The molecule has 0 saturated carbocycles. The fraction of sp³-hybridized carbons (Fsp3) is 0.458. The van der Waals surface area contributed by atoms with Crippen LogP contribution in [-0.4, -0.2) is 68.7 Å². The smallest absolute Gasteiger partial charge is 0.430 e. The van der Waals surface area contributed by atoms with Crippen LogP contribution in [0.3, 0.4) is 0 Å². The van der Waals surface area contributed by atoms with Crippen LogP contribution in [0.1, 0.15) is 24.1 Å². The van der Waals surface area contributed by atoms with Crippen molar-refractivity contribution in [1.82, 2.24) is 19.9 Å². The molecule has 36 heavy (non-hydrogen) atoms. The minimum absolute atomic E-state index is 0.0999. The highest BCUT2D eigenvalue weighted by molar-refractivity contribution is 6.32. The van der Waals surface area contributed by atoms with E-state index in [9.17, 15) is 23.1 Å². The van der Waals surface area contributed by atoms with Gasteiger partial charge in [0.05, 0.1) is 11.0 Å². The van der Waals surface area contributed by atoms with Gasteiger partial charge in [0.25, 0.3) is 0 Å². The molecule has 192 valence electrons. The fourth-order valence-corrected chi connectivity index (χ4v) is 4.87. The SMILES string of the molecule is Cc1cc2c(cc1Cl)nc(N1CCC(C(=O)NC3C[OH+]CC3O)CC1)n2-c1cccc(C(F)(F)F)n1. The van der Waals surface area contributed by atoms with Crippen molar-refractivity contribution in [2.45, 2.75) is 38.1 Å². The van der Waals surface area contributed by atoms with Gasteiger partial charge in [-0.25, -0.2) is 9.97 Å². The van der Waals surface area contributed by atoms with Gasteiger partial charge >= 0.3 is 6.18 Å². The average Bonchev–Trinajstić information content (AvgIpc) is 3.42. The molecule has 1 amide bonds. The number of hydrogen-bond donors (Lipinski definition) is 2. The van der Waals surface area contributed by atoms with Gasteiger partial charge in [0, 0.05) is 24.0 Å². The third-order valence-electron chi connectivity index (χ3n) is 6.75. The molecule has 0 bridgehead atoms. The number of nitrogens with one attached hydrogen (secondary N) is 1. The highest BCUT2D eigenvalue weighted by Gasteiger charge is 2.36. The van der Waals surface area contributed by atoms with Gasteiger partial charge in [-0.1, -0.05) is 17.7 Å². The first-order chi connectivity index (χ1) is 17.1. The highest BCUT2D eigenvalue weighted by atomic mass is 35.5. The zero-order valence-corrected chi connectivity index (χ0v) is 20.2. The maximum absolute atomic E-state index is 13.4. The molecule has 0 aliphatic carbocycles. The van der Waals surface area contributed by atoms with Gasteiger partial charge in [-0.3, -0.25) is 9.36 Å². The molecule has 2 atom stereocenters. The van der Waals surface area contributed by atoms with E-state index in [1.165, 1.54) is 12.1 Å². The molecule has 0 spiro atoms. The number of amides is 1. The van der Waals surface area contributed by atoms with Gasteiger partial charge in [-0.2, -0.15) is 13.2 Å². The predicted octanol–water partition coefficient (Wildman–Crippen LogP) is 3.00. The van der Waals surface area contributed by atoms with Crippen molar-refractivity contribution < 1.29 is 27.8 Å². The number of nitrogens with zero attached hydrogens (tertiary/aromatic N) is 4. The third-order valence-corrected chi connectivity index (χ3v) is 7.16. The molecule has 12 heteroatoms. The summed E-state index contributed by atoms with van der Waals surface area (Å²) in [6.07, 6.45) is -4.18. The Labute approximate surface area is 210 Å². The number of aliphatic hydroxyl groups is 3. The monoisotopic (exact) mass is 524 g/mol. The van der Waals surface area contributed by atoms with E-state index in [2.05, 4.69) is 15.0 Å². The number of anilines is 1. The standard InChI is InChI=1S/C24H25ClF3N5O3/c1-13-9-18-16(10-15(13)25)30-23(33(18)21-4-2-3-20(31-21)24(26,27)28)32-7-5-14(6-8-32)22(35)29-17-11-36-12-19(17)34/h2-4,9-10,14,17,19,34H,5-8,11-12H2,1H3,(H,29,35)/p+1. The summed E-state index contributed by atoms with van der Waals surface area (Å²) in [6, 6.07) is 6.89. The molecular weight excluding hydrogens is 499 g/mol. The van der Waals surface area contributed by atoms with Gasteiger partial charge < -0.3 is 20.1 Å². The van der Waals surface area contributed by atoms with Crippen LogP contribution >= 0.6 is 11.6 Å². The first-order valence-corrected chi connectivity index (χ1v) is 12.1. The summed E-state index contributed by atoms with van der Waals surface area (Å²) in [6.45, 7) is 3.50. The summed E-state index contributed by atoms with van der Waals surface area (Å²) in [5.41, 5.74) is 0.908. The van der Waals surface area contributed by atoms with Gasteiger partial charge in [0.1, 0.15) is 23.7 Å². The number of aryl methyl sites for hydroxylation is 1. The first-order valence-electron chi connectivity index (χ1n) is 11.7. The van der Waals surface area contributed by atoms with Crippen molar-refractivity contribution in [3.63, 3.8) is 0 Å². The molecule has 0 radical (unpaired) electrons. The molecule has 2 saturated heterocycles. The lowest BCUT2D eigenvalue weighted by atomic mass is 9.95. The Morgan fingerprint density at radius 2 is 1.94 bits per heavy atom. The molecule has 2 unspecified atom stereocenters. The summed E-state index contributed by atoms with van der Waals surface area (Å²) in [5.74, 6) is 0.187. The van der Waals surface area contributed by atoms with E-state index in [-0.39, 0.29) is 23.7 Å². The van der Waals surface area contributed by atoms with Crippen molar-refractivity contribution in [1.29, 1.82) is 0 Å². The normalized spacial score (nSPS) is 21.3. The number of alkyl halides is 3. The number of rotatable bonds is 4. The second-order valence-electron chi connectivity index (χ2n) is 9.25. The summed E-state index contributed by atoms with van der Waals surface area (Å²) in [5, 5.41) is 13.3. The van der Waals surface area contributed by atoms with Gasteiger partial charge in [-0.05, 0) is 49.6 Å². The number of carbonyl (C=O) groups excluding carboxylic acids is 1. The molecule has 3 N–H and O–H groups in total. The molecule has 2 aliphatic heterocycles. The lowest BCUT2D eigenvalue weighted by Gasteiger charge is -2.32. The molecule has 2 aromatic heterocycles. The van der Waals surface area contributed by atoms with E-state index in [0.717, 1.165) is 11.6 Å². The van der Waals surface area contributed by atoms with E-state index in [1.807, 2.05) is 11.8 Å². The number of aromatic nitrogens is 3. The largest absolute Gasteiger partial charge is 0.433 e. The second-order valence-corrected chi connectivity index (χ2v) is 9.66. The lowest BCUT2D eigenvalue weighted by Crippen LogP contribution is -2.48. The van der Waals surface area contributed by atoms with Crippen molar-refractivity contribution in [3.05, 3.63) is 46.6 Å². The van der Waals surface area contributed by atoms with Gasteiger partial charge in [-0.15, -0.1) is 0 Å². The molecule has 1 aromatic carbocycles. The molecule has 3 aromatic rings. The Morgan fingerprint density at radius 3 is 2.61 bits per heavy atom. The quantitative estimate of drug-likeness (QED) is 0.512. The van der Waals surface area contributed by atoms with Gasteiger partial charge in [0.2, 0.25) is 11.9 Å². The third kappa shape index (κ3) is 4.74. The minimum Gasteiger partial charge on any atom is -0.430 e. The van der Waals surface area contributed by atoms with Crippen molar-refractivity contribution in [2.75, 3.05) is 31.2 Å². The molecule has 5 rings (SSSR count). The number of piperidine rings is 1. The van der Waals surface area contributed by atoms with Crippen LogP contribution < -0.4 is 10.2 Å². The fourth-order valence-electron chi connectivity index (χ4n) is 4.71. The van der Waals surface area contributed by atoms with E-state index in [4.69, 9.17) is 16.6 Å². The van der Waals surface area contributed by atoms with Crippen molar-refractivity contribution >= 4 is 34.5 Å². The van der Waals surface area contributed by atoms with Crippen LogP contribution in [-0.2, 0) is 11.0 Å². The first kappa shape index (κ1) is 24.8. The van der Waals surface area contributed by atoms with Gasteiger partial charge in [0.15, 0.2) is 13.2 Å². The Bertz CT molecular complexity index is 1290. The predicted molar refractivity (Wildman–Crippen MR) is 128 cm³/mol. The van der Waals surface area contributed by atoms with E-state index in [1.54, 1.807) is 16.7 Å². The van der Waals surface area contributed by atoms with Crippen LogP contribution in [0.15, 0.2) is 30.3 Å². The maximum Gasteiger partial charge on any atom is 0.433 e. The Hall–Kier alpha value is -2.89. The summed E-state index contributed by atoms with van der Waals surface area (Å²) in [4.78, 5) is 23.3. The minimum atomic E-state index is -4.59. The van der Waals surface area contributed by atoms with Crippen LogP contribution in [0.25, 0.3) is 16.9 Å². The number of benzene rings is 1. The van der Waals surface area contributed by atoms with Crippen LogP contribution in [0, 0.1) is 12.8 Å². The summed E-state index contributed by atoms with van der Waals surface area (Å²) in [7, 11) is 0. The van der Waals surface area contributed by atoms with E-state index in [0.29, 0.717) is 61.1 Å². The number of aliphatic hydroxyl groups excluding tert-OH is 1. The lowest BCUT2D eigenvalue weighted by molar-refractivity contribution is -0.141. The average molecular weight is 525 g/mol. The molecule has 2 fully saturated rings. The van der Waals surface area contributed by atoms with E-state index < -0.39 is 18.0 Å². The van der Waals surface area contributed by atoms with Crippen LogP contribution in [0.2, 0.25) is 5.02 Å². The molecule has 2 aliphatic rings. The summed E-state index contributed by atoms with van der Waals surface area (Å²) < 4.78 is 46.0. The Morgan fingerprint density at radius 1 is 1.19 bits per heavy atom. The number of fused-ring (bicyclic) bond motifs is 1. The zero-order chi connectivity index (χ0) is 25.6. The molecule has 4 heterocycles. The number of halogens is 4. The molecule has 8 nitrogen and oxygen atoms in total. The number of pyridine rings is 1. The van der Waals surface area contributed by atoms with Crippen LogP contribution in [0.5, 0.6) is 0 Å². The Balaban J connectivity index is 1.44. The van der Waals surface area contributed by atoms with E-state index >= 15 is 0 Å². The molecular formula is C24H26ClF3N5O3+. The van der Waals surface area contributed by atoms with Crippen molar-refractivity contribution in [3.8, 4) is 5.82 Å². The number of ether oxygens (including phenoxy) is 1. The number of imidazole rings is 1. The second kappa shape index (κ2) is 9.53. The van der Waals surface area contributed by atoms with Crippen molar-refractivity contribution in [2.24, 2.45) is 5.92 Å². The Kier molecular flexibility index (Phi) is 6.56. The zero-order valence-electron chi connectivity index (χ0n) is 19.5. The topological polar surface area (TPSA) is 96.1 Å². The number of hydrogen-bond acceptors (Lipinski definition) is 5. The number of carbonyl (C=O) groups is 1. The highest BCUT2D eigenvalue weighted by Crippen LogP contribution is 2.34.